The standard InChI is InChI=1S/C23H28O2S/c1-2-3-4-5-6-7-8-9-10-11-12-13-14-15-16-21-19-22(26-20-21)23-24-17-18-25-23/h3-4,6-7,9-10,12-13,19-20,23H,2,5,8,11,14,17-18H2,1H3/b4-3-,7-6-,10-9-,13-12-. The third-order valence-corrected chi connectivity index (χ3v) is 4.60. The van der Waals surface area contributed by atoms with Crippen molar-refractivity contribution in [3.05, 3.63) is 70.5 Å². The summed E-state index contributed by atoms with van der Waals surface area (Å²) < 4.78 is 11.0. The van der Waals surface area contributed by atoms with Gasteiger partial charge >= 0.3 is 0 Å². The summed E-state index contributed by atoms with van der Waals surface area (Å²) in [6.45, 7) is 3.51. The first-order chi connectivity index (χ1) is 12.9. The molecule has 1 fully saturated rings. The van der Waals surface area contributed by atoms with Crippen molar-refractivity contribution in [2.24, 2.45) is 0 Å². The van der Waals surface area contributed by atoms with E-state index in [4.69, 9.17) is 9.47 Å². The Morgan fingerprint density at radius 1 is 0.962 bits per heavy atom. The van der Waals surface area contributed by atoms with E-state index in [-0.39, 0.29) is 6.29 Å². The molecule has 2 nitrogen and oxygen atoms in total. The summed E-state index contributed by atoms with van der Waals surface area (Å²) in [7, 11) is 0. The van der Waals surface area contributed by atoms with Gasteiger partial charge in [0.05, 0.1) is 18.1 Å². The number of hydrogen-bond acceptors (Lipinski definition) is 3. The highest BCUT2D eigenvalue weighted by Crippen LogP contribution is 2.28. The molecule has 0 atom stereocenters. The normalized spacial score (nSPS) is 15.7. The first kappa shape index (κ1) is 20.5. The van der Waals surface area contributed by atoms with E-state index in [1.807, 2.05) is 0 Å². The van der Waals surface area contributed by atoms with Crippen molar-refractivity contribution in [1.82, 2.24) is 0 Å². The molecule has 2 rings (SSSR count). The molecule has 1 aliphatic rings. The zero-order valence-corrected chi connectivity index (χ0v) is 16.3. The van der Waals surface area contributed by atoms with E-state index in [1.165, 1.54) is 0 Å². The average Bonchev–Trinajstić information content (AvgIpc) is 3.33. The lowest BCUT2D eigenvalue weighted by atomic mass is 10.2. The van der Waals surface area contributed by atoms with Crippen LogP contribution in [0, 0.1) is 11.8 Å². The van der Waals surface area contributed by atoms with Crippen LogP contribution in [0.2, 0.25) is 0 Å². The van der Waals surface area contributed by atoms with Crippen molar-refractivity contribution in [3.8, 4) is 11.8 Å². The Kier molecular flexibility index (Phi) is 10.5. The molecule has 0 radical (unpaired) electrons. The maximum absolute atomic E-state index is 5.49. The van der Waals surface area contributed by atoms with E-state index in [0.717, 1.165) is 42.5 Å². The van der Waals surface area contributed by atoms with Gasteiger partial charge in [0.15, 0.2) is 6.29 Å². The van der Waals surface area contributed by atoms with Crippen LogP contribution in [-0.4, -0.2) is 13.2 Å². The SMILES string of the molecule is CC/C=C\C/C=C\C/C=C\C/C=C\CC#Cc1csc(C2OCCO2)c1. The summed E-state index contributed by atoms with van der Waals surface area (Å²) in [6.07, 6.45) is 22.2. The minimum absolute atomic E-state index is 0.190. The number of allylic oxidation sites excluding steroid dienone is 8. The predicted octanol–water partition coefficient (Wildman–Crippen LogP) is 6.34. The minimum Gasteiger partial charge on any atom is -0.345 e. The molecular formula is C23H28O2S. The van der Waals surface area contributed by atoms with Gasteiger partial charge in [-0.2, -0.15) is 0 Å². The number of rotatable bonds is 9. The fourth-order valence-electron chi connectivity index (χ4n) is 2.34. The lowest BCUT2D eigenvalue weighted by Crippen LogP contribution is -1.93. The molecule has 0 amide bonds. The van der Waals surface area contributed by atoms with Crippen molar-refractivity contribution in [2.45, 2.75) is 45.3 Å². The molecule has 26 heavy (non-hydrogen) atoms. The van der Waals surface area contributed by atoms with Gasteiger partial charge in [-0.25, -0.2) is 0 Å². The van der Waals surface area contributed by atoms with E-state index < -0.39 is 0 Å². The monoisotopic (exact) mass is 368 g/mol. The molecule has 1 aromatic heterocycles. The number of hydrogen-bond donors (Lipinski definition) is 0. The highest BCUT2D eigenvalue weighted by Gasteiger charge is 2.19. The molecule has 1 aromatic rings. The van der Waals surface area contributed by atoms with Gasteiger partial charge in [0.25, 0.3) is 0 Å². The quantitative estimate of drug-likeness (QED) is 0.374. The summed E-state index contributed by atoms with van der Waals surface area (Å²) in [6, 6.07) is 2.06. The number of thiophene rings is 1. The lowest BCUT2D eigenvalue weighted by Gasteiger charge is -2.03. The molecule has 3 heteroatoms. The van der Waals surface area contributed by atoms with Crippen LogP contribution in [0.25, 0.3) is 0 Å². The summed E-state index contributed by atoms with van der Waals surface area (Å²) >= 11 is 1.64. The Bertz CT molecular complexity index is 677. The average molecular weight is 369 g/mol. The van der Waals surface area contributed by atoms with Gasteiger partial charge in [-0.05, 0) is 31.7 Å². The van der Waals surface area contributed by atoms with Crippen LogP contribution in [0.4, 0.5) is 0 Å². The molecule has 2 heterocycles. The second kappa shape index (κ2) is 13.4. The van der Waals surface area contributed by atoms with Crippen LogP contribution in [0.5, 0.6) is 0 Å². The molecule has 0 unspecified atom stereocenters. The molecule has 0 saturated carbocycles. The second-order valence-electron chi connectivity index (χ2n) is 5.82. The Morgan fingerprint density at radius 2 is 1.58 bits per heavy atom. The topological polar surface area (TPSA) is 18.5 Å². The molecule has 1 saturated heterocycles. The van der Waals surface area contributed by atoms with Gasteiger partial charge in [0.1, 0.15) is 0 Å². The van der Waals surface area contributed by atoms with E-state index in [2.05, 4.69) is 78.8 Å². The fraction of sp³-hybridized carbons (Fsp3) is 0.391. The molecule has 0 spiro atoms. The molecular weight excluding hydrogens is 340 g/mol. The van der Waals surface area contributed by atoms with Gasteiger partial charge in [0, 0.05) is 17.4 Å². The zero-order chi connectivity index (χ0) is 18.3. The van der Waals surface area contributed by atoms with E-state index in [9.17, 15) is 0 Å². The van der Waals surface area contributed by atoms with E-state index >= 15 is 0 Å². The minimum atomic E-state index is -0.190. The molecule has 0 N–H and O–H groups in total. The third kappa shape index (κ3) is 8.49. The van der Waals surface area contributed by atoms with Crippen LogP contribution in [0.15, 0.2) is 60.1 Å². The van der Waals surface area contributed by atoms with Crippen molar-refractivity contribution < 1.29 is 9.47 Å². The van der Waals surface area contributed by atoms with Gasteiger partial charge < -0.3 is 9.47 Å². The Morgan fingerprint density at radius 3 is 2.23 bits per heavy atom. The van der Waals surface area contributed by atoms with E-state index in [1.54, 1.807) is 11.3 Å². The largest absolute Gasteiger partial charge is 0.345 e. The van der Waals surface area contributed by atoms with Crippen LogP contribution >= 0.6 is 11.3 Å². The first-order valence-electron chi connectivity index (χ1n) is 9.30. The van der Waals surface area contributed by atoms with Crippen molar-refractivity contribution in [3.63, 3.8) is 0 Å². The van der Waals surface area contributed by atoms with Crippen molar-refractivity contribution in [1.29, 1.82) is 0 Å². The van der Waals surface area contributed by atoms with Gasteiger partial charge in [-0.1, -0.05) is 67.4 Å². The molecule has 0 aromatic carbocycles. The Balaban J connectivity index is 1.57. The van der Waals surface area contributed by atoms with Crippen molar-refractivity contribution >= 4 is 11.3 Å². The zero-order valence-electron chi connectivity index (χ0n) is 15.5. The first-order valence-corrected chi connectivity index (χ1v) is 10.2. The number of ether oxygens (including phenoxy) is 2. The van der Waals surface area contributed by atoms with Crippen LogP contribution in [0.3, 0.4) is 0 Å². The van der Waals surface area contributed by atoms with Crippen LogP contribution in [-0.2, 0) is 9.47 Å². The maximum atomic E-state index is 5.49. The summed E-state index contributed by atoms with van der Waals surface area (Å²) in [5.74, 6) is 6.38. The lowest BCUT2D eigenvalue weighted by molar-refractivity contribution is -0.0413. The van der Waals surface area contributed by atoms with Crippen LogP contribution < -0.4 is 0 Å². The second-order valence-corrected chi connectivity index (χ2v) is 6.76. The van der Waals surface area contributed by atoms with Crippen molar-refractivity contribution in [2.75, 3.05) is 13.2 Å². The Labute approximate surface area is 161 Å². The molecule has 0 aliphatic carbocycles. The summed E-state index contributed by atoms with van der Waals surface area (Å²) in [5, 5.41) is 2.06. The highest BCUT2D eigenvalue weighted by molar-refractivity contribution is 7.10. The van der Waals surface area contributed by atoms with Gasteiger partial charge in [-0.15, -0.1) is 11.3 Å². The summed E-state index contributed by atoms with van der Waals surface area (Å²) in [4.78, 5) is 1.10. The molecule has 1 aliphatic heterocycles. The maximum Gasteiger partial charge on any atom is 0.193 e. The smallest absolute Gasteiger partial charge is 0.193 e. The predicted molar refractivity (Wildman–Crippen MR) is 111 cm³/mol. The summed E-state index contributed by atoms with van der Waals surface area (Å²) in [5.41, 5.74) is 1.04. The molecule has 0 bridgehead atoms. The fourth-order valence-corrected chi connectivity index (χ4v) is 3.17. The third-order valence-electron chi connectivity index (χ3n) is 3.65. The highest BCUT2D eigenvalue weighted by atomic mass is 32.1. The Hall–Kier alpha value is -1.86. The molecule has 138 valence electrons. The van der Waals surface area contributed by atoms with Crippen LogP contribution in [0.1, 0.15) is 55.8 Å². The van der Waals surface area contributed by atoms with Gasteiger partial charge in [0.2, 0.25) is 0 Å². The van der Waals surface area contributed by atoms with Gasteiger partial charge in [-0.3, -0.25) is 0 Å². The van der Waals surface area contributed by atoms with E-state index in [0.29, 0.717) is 13.2 Å².